The number of benzene rings is 2. The highest BCUT2D eigenvalue weighted by molar-refractivity contribution is 7.89. The van der Waals surface area contributed by atoms with E-state index in [4.69, 9.17) is 11.6 Å². The van der Waals surface area contributed by atoms with E-state index >= 15 is 0 Å². The number of amides is 1. The maximum absolute atomic E-state index is 13.0. The lowest BCUT2D eigenvalue weighted by Crippen LogP contribution is -2.28. The second-order valence-electron chi connectivity index (χ2n) is 5.11. The van der Waals surface area contributed by atoms with Gasteiger partial charge in [0.05, 0.1) is 4.90 Å². The average molecular weight is 371 g/mol. The van der Waals surface area contributed by atoms with E-state index in [-0.39, 0.29) is 29.6 Å². The number of rotatable bonds is 6. The zero-order valence-electron chi connectivity index (χ0n) is 12.8. The van der Waals surface area contributed by atoms with Crippen LogP contribution in [0.25, 0.3) is 0 Å². The van der Waals surface area contributed by atoms with E-state index in [1.165, 1.54) is 36.4 Å². The van der Waals surface area contributed by atoms with Crippen LogP contribution in [0.1, 0.15) is 12.0 Å². The third-order valence-electron chi connectivity index (χ3n) is 3.21. The van der Waals surface area contributed by atoms with Crippen molar-refractivity contribution in [2.24, 2.45) is 0 Å². The first kappa shape index (κ1) is 18.4. The second-order valence-corrected chi connectivity index (χ2v) is 7.32. The Labute approximate surface area is 144 Å². The number of anilines is 1. The van der Waals surface area contributed by atoms with Crippen LogP contribution in [0.2, 0.25) is 5.02 Å². The van der Waals surface area contributed by atoms with E-state index in [1.807, 2.05) is 0 Å². The van der Waals surface area contributed by atoms with E-state index in [2.05, 4.69) is 10.0 Å². The van der Waals surface area contributed by atoms with Crippen molar-refractivity contribution in [1.29, 1.82) is 0 Å². The number of carbonyl (C=O) groups is 1. The summed E-state index contributed by atoms with van der Waals surface area (Å²) < 4.78 is 39.5. The van der Waals surface area contributed by atoms with E-state index in [0.717, 1.165) is 0 Å². The van der Waals surface area contributed by atoms with Crippen LogP contribution in [0.5, 0.6) is 0 Å². The fourth-order valence-electron chi connectivity index (χ4n) is 2.00. The van der Waals surface area contributed by atoms with Crippen molar-refractivity contribution in [1.82, 2.24) is 4.72 Å². The quantitative estimate of drug-likeness (QED) is 0.820. The molecule has 2 rings (SSSR count). The molecular formula is C16H16ClFN2O3S. The van der Waals surface area contributed by atoms with Gasteiger partial charge in [0.15, 0.2) is 0 Å². The average Bonchev–Trinajstić information content (AvgIpc) is 2.50. The monoisotopic (exact) mass is 370 g/mol. The predicted molar refractivity (Wildman–Crippen MR) is 91.0 cm³/mol. The first-order valence-electron chi connectivity index (χ1n) is 7.09. The van der Waals surface area contributed by atoms with Crippen molar-refractivity contribution >= 4 is 33.2 Å². The first-order chi connectivity index (χ1) is 11.3. The number of aryl methyl sites for hydroxylation is 1. The van der Waals surface area contributed by atoms with Gasteiger partial charge in [-0.3, -0.25) is 4.79 Å². The molecule has 0 saturated carbocycles. The van der Waals surface area contributed by atoms with Crippen molar-refractivity contribution in [2.45, 2.75) is 18.2 Å². The van der Waals surface area contributed by atoms with Crippen LogP contribution < -0.4 is 10.0 Å². The van der Waals surface area contributed by atoms with Crippen LogP contribution >= 0.6 is 11.6 Å². The van der Waals surface area contributed by atoms with Gasteiger partial charge >= 0.3 is 0 Å². The number of halogens is 2. The molecule has 5 nitrogen and oxygen atoms in total. The molecule has 0 spiro atoms. The lowest BCUT2D eigenvalue weighted by Gasteiger charge is -2.09. The van der Waals surface area contributed by atoms with Gasteiger partial charge in [-0.05, 0) is 48.9 Å². The van der Waals surface area contributed by atoms with Gasteiger partial charge in [-0.15, -0.1) is 0 Å². The Morgan fingerprint density at radius 3 is 2.62 bits per heavy atom. The maximum atomic E-state index is 13.0. The summed E-state index contributed by atoms with van der Waals surface area (Å²) in [4.78, 5) is 11.9. The SMILES string of the molecule is Cc1cc(F)ccc1NC(=O)CCNS(=O)(=O)c1cccc(Cl)c1. The number of carbonyl (C=O) groups excluding carboxylic acids is 1. The first-order valence-corrected chi connectivity index (χ1v) is 8.95. The van der Waals surface area contributed by atoms with Crippen molar-refractivity contribution in [3.05, 3.63) is 58.9 Å². The van der Waals surface area contributed by atoms with Gasteiger partial charge < -0.3 is 5.32 Å². The zero-order chi connectivity index (χ0) is 17.7. The van der Waals surface area contributed by atoms with Crippen LogP contribution in [0.3, 0.4) is 0 Å². The van der Waals surface area contributed by atoms with Crippen LogP contribution in [0.15, 0.2) is 47.4 Å². The molecule has 128 valence electrons. The lowest BCUT2D eigenvalue weighted by atomic mass is 10.2. The van der Waals surface area contributed by atoms with Crippen LogP contribution in [-0.4, -0.2) is 20.9 Å². The number of sulfonamides is 1. The third kappa shape index (κ3) is 5.02. The highest BCUT2D eigenvalue weighted by Gasteiger charge is 2.14. The summed E-state index contributed by atoms with van der Waals surface area (Å²) in [7, 11) is -3.73. The molecule has 2 aromatic rings. The molecule has 0 aliphatic carbocycles. The van der Waals surface area contributed by atoms with Crippen molar-refractivity contribution in [3.8, 4) is 0 Å². The molecule has 8 heteroatoms. The minimum Gasteiger partial charge on any atom is -0.326 e. The van der Waals surface area contributed by atoms with Gasteiger partial charge in [-0.2, -0.15) is 0 Å². The summed E-state index contributed by atoms with van der Waals surface area (Å²) in [5, 5.41) is 2.92. The van der Waals surface area contributed by atoms with Gasteiger partial charge in [0.1, 0.15) is 5.82 Å². The minimum atomic E-state index is -3.73. The van der Waals surface area contributed by atoms with Crippen molar-refractivity contribution in [3.63, 3.8) is 0 Å². The molecule has 0 heterocycles. The Balaban J connectivity index is 1.90. The van der Waals surface area contributed by atoms with E-state index < -0.39 is 10.0 Å². The summed E-state index contributed by atoms with van der Waals surface area (Å²) >= 11 is 5.77. The van der Waals surface area contributed by atoms with Gasteiger partial charge in [-0.25, -0.2) is 17.5 Å². The smallest absolute Gasteiger partial charge is 0.240 e. The normalized spacial score (nSPS) is 11.3. The van der Waals surface area contributed by atoms with Gasteiger partial charge in [-0.1, -0.05) is 17.7 Å². The Morgan fingerprint density at radius 1 is 1.21 bits per heavy atom. The fraction of sp³-hybridized carbons (Fsp3) is 0.188. The highest BCUT2D eigenvalue weighted by atomic mass is 35.5. The summed E-state index contributed by atoms with van der Waals surface area (Å²) in [6.45, 7) is 1.60. The largest absolute Gasteiger partial charge is 0.326 e. The molecule has 0 fully saturated rings. The Bertz CT molecular complexity index is 856. The second kappa shape index (κ2) is 7.74. The Morgan fingerprint density at radius 2 is 1.96 bits per heavy atom. The molecular weight excluding hydrogens is 355 g/mol. The molecule has 0 bridgehead atoms. The number of hydrogen-bond acceptors (Lipinski definition) is 3. The molecule has 0 radical (unpaired) electrons. The Hall–Kier alpha value is -1.96. The van der Waals surface area contributed by atoms with E-state index in [0.29, 0.717) is 16.3 Å². The van der Waals surface area contributed by atoms with Crippen molar-refractivity contribution < 1.29 is 17.6 Å². The van der Waals surface area contributed by atoms with E-state index in [1.54, 1.807) is 13.0 Å². The minimum absolute atomic E-state index is 0.0322. The van der Waals surface area contributed by atoms with Gasteiger partial charge in [0.25, 0.3) is 0 Å². The molecule has 24 heavy (non-hydrogen) atoms. The number of hydrogen-bond donors (Lipinski definition) is 2. The van der Waals surface area contributed by atoms with E-state index in [9.17, 15) is 17.6 Å². The summed E-state index contributed by atoms with van der Waals surface area (Å²) in [5.41, 5.74) is 1.07. The number of nitrogens with one attached hydrogen (secondary N) is 2. The molecule has 2 aromatic carbocycles. The maximum Gasteiger partial charge on any atom is 0.240 e. The summed E-state index contributed by atoms with van der Waals surface area (Å²) in [6.07, 6.45) is -0.0589. The molecule has 1 amide bonds. The topological polar surface area (TPSA) is 75.3 Å². The summed E-state index contributed by atoms with van der Waals surface area (Å²) in [5.74, 6) is -0.765. The van der Waals surface area contributed by atoms with Crippen LogP contribution in [0.4, 0.5) is 10.1 Å². The van der Waals surface area contributed by atoms with Crippen molar-refractivity contribution in [2.75, 3.05) is 11.9 Å². The molecule has 2 N–H and O–H groups in total. The van der Waals surface area contributed by atoms with Crippen LogP contribution in [0, 0.1) is 12.7 Å². The van der Waals surface area contributed by atoms with Gasteiger partial charge in [0.2, 0.25) is 15.9 Å². The molecule has 0 aliphatic heterocycles. The zero-order valence-corrected chi connectivity index (χ0v) is 14.4. The molecule has 0 unspecified atom stereocenters. The molecule has 0 saturated heterocycles. The summed E-state index contributed by atoms with van der Waals surface area (Å²) in [6, 6.07) is 9.84. The van der Waals surface area contributed by atoms with Gasteiger partial charge in [0, 0.05) is 23.7 Å². The fourth-order valence-corrected chi connectivity index (χ4v) is 3.33. The molecule has 0 aliphatic rings. The predicted octanol–water partition coefficient (Wildman–Crippen LogP) is 3.09. The van der Waals surface area contributed by atoms with Crippen LogP contribution in [-0.2, 0) is 14.8 Å². The standard InChI is InChI=1S/C16H16ClFN2O3S/c1-11-9-13(18)5-6-15(11)20-16(21)7-8-19-24(22,23)14-4-2-3-12(17)10-14/h2-6,9-10,19H,7-8H2,1H3,(H,20,21). The Kier molecular flexibility index (Phi) is 5.93. The highest BCUT2D eigenvalue weighted by Crippen LogP contribution is 2.16. The molecule has 0 aromatic heterocycles. The lowest BCUT2D eigenvalue weighted by molar-refractivity contribution is -0.116. The third-order valence-corrected chi connectivity index (χ3v) is 4.91. The molecule has 0 atom stereocenters.